The van der Waals surface area contributed by atoms with E-state index in [1.165, 1.54) is 0 Å². The molecule has 4 heteroatoms. The SMILES string of the molecule is C#Cc1ccc(C2=C3C=CC(=N3)C(c3ccccc3)=C3C=CC(=N3)C(c3ccccc3)=C3C=CC(=N3)C(c3ccccc3)=C3C=CC2=N3)cc1. The van der Waals surface area contributed by atoms with Crippen molar-refractivity contribution < 1.29 is 0 Å². The maximum atomic E-state index is 5.73. The van der Waals surface area contributed by atoms with Gasteiger partial charge in [-0.3, -0.25) is 0 Å². The Hall–Kier alpha value is -6.96. The van der Waals surface area contributed by atoms with E-state index in [0.29, 0.717) is 0 Å². The molecule has 9 rings (SSSR count). The molecule has 0 aromatic heterocycles. The topological polar surface area (TPSA) is 49.4 Å². The Labute approximate surface area is 291 Å². The van der Waals surface area contributed by atoms with E-state index in [2.05, 4.69) is 103 Å². The molecule has 8 bridgehead atoms. The van der Waals surface area contributed by atoms with Crippen molar-refractivity contribution in [2.24, 2.45) is 20.0 Å². The molecule has 0 spiro atoms. The zero-order valence-electron chi connectivity index (χ0n) is 27.0. The number of allylic oxidation sites excluding steroid dienone is 12. The van der Waals surface area contributed by atoms with Crippen molar-refractivity contribution in [3.05, 3.63) is 214 Å². The van der Waals surface area contributed by atoms with Gasteiger partial charge < -0.3 is 0 Å². The van der Waals surface area contributed by atoms with Crippen molar-refractivity contribution in [2.45, 2.75) is 0 Å². The summed E-state index contributed by atoms with van der Waals surface area (Å²) in [6.45, 7) is 0. The molecule has 0 saturated heterocycles. The number of nitrogens with zero attached hydrogens (tertiary/aromatic N) is 4. The third kappa shape index (κ3) is 5.15. The Kier molecular flexibility index (Phi) is 7.15. The highest BCUT2D eigenvalue weighted by molar-refractivity contribution is 6.39. The average Bonchev–Trinajstić information content (AvgIpc) is 4.01. The first-order valence-electron chi connectivity index (χ1n) is 16.5. The van der Waals surface area contributed by atoms with Crippen LogP contribution in [0.2, 0.25) is 0 Å². The van der Waals surface area contributed by atoms with Crippen molar-refractivity contribution in [3.8, 4) is 12.3 Å². The Morgan fingerprint density at radius 1 is 0.320 bits per heavy atom. The fraction of sp³-hybridized carbons (Fsp3) is 0. The van der Waals surface area contributed by atoms with E-state index < -0.39 is 0 Å². The van der Waals surface area contributed by atoms with Crippen LogP contribution in [-0.4, -0.2) is 22.8 Å². The molecule has 0 atom stereocenters. The standard InChI is InChI=1S/C46H28N4/c1-2-30-18-20-34(21-19-30)46-41-28-26-39(49-41)44(32-14-8-4-9-15-32)37-24-22-35(47-37)43(31-12-6-3-7-13-31)36-23-25-38(48-36)45(33-16-10-5-11-17-33)40-27-29-42(46)50-40/h1,3-29H. The van der Waals surface area contributed by atoms with Crippen LogP contribution < -0.4 is 0 Å². The summed E-state index contributed by atoms with van der Waals surface area (Å²) in [5.41, 5.74) is 15.4. The zero-order valence-corrected chi connectivity index (χ0v) is 27.0. The predicted molar refractivity (Wildman–Crippen MR) is 208 cm³/mol. The number of benzene rings is 4. The molecular formula is C46H28N4. The second kappa shape index (κ2) is 12.2. The lowest BCUT2D eigenvalue weighted by atomic mass is 9.97. The molecule has 0 N–H and O–H groups in total. The van der Waals surface area contributed by atoms with Crippen molar-refractivity contribution >= 4 is 45.1 Å². The Balaban J connectivity index is 1.37. The van der Waals surface area contributed by atoms with Gasteiger partial charge in [-0.25, -0.2) is 20.0 Å². The van der Waals surface area contributed by atoms with Gasteiger partial charge in [0, 0.05) is 27.9 Å². The first kappa shape index (κ1) is 29.2. The zero-order chi connectivity index (χ0) is 33.4. The minimum Gasteiger partial charge on any atom is -0.248 e. The molecule has 4 aromatic rings. The fourth-order valence-electron chi connectivity index (χ4n) is 6.82. The van der Waals surface area contributed by atoms with E-state index in [9.17, 15) is 0 Å². The van der Waals surface area contributed by atoms with Crippen LogP contribution in [0.15, 0.2) is 207 Å². The van der Waals surface area contributed by atoms with Gasteiger partial charge in [-0.15, -0.1) is 6.42 Å². The second-order valence-electron chi connectivity index (χ2n) is 12.2. The largest absolute Gasteiger partial charge is 0.248 e. The quantitative estimate of drug-likeness (QED) is 0.200. The lowest BCUT2D eigenvalue weighted by molar-refractivity contribution is 1.41. The molecule has 5 aliphatic rings. The molecule has 0 radical (unpaired) electrons. The van der Waals surface area contributed by atoms with Crippen LogP contribution in [0.5, 0.6) is 0 Å². The Bertz CT molecular complexity index is 2480. The minimum absolute atomic E-state index is 0.817. The van der Waals surface area contributed by atoms with E-state index in [1.54, 1.807) is 0 Å². The molecule has 50 heavy (non-hydrogen) atoms. The highest BCUT2D eigenvalue weighted by atomic mass is 14.9. The van der Waals surface area contributed by atoms with E-state index >= 15 is 0 Å². The van der Waals surface area contributed by atoms with E-state index in [0.717, 1.165) is 95.7 Å². The van der Waals surface area contributed by atoms with Gasteiger partial charge in [0.05, 0.1) is 45.6 Å². The molecule has 4 aromatic carbocycles. The van der Waals surface area contributed by atoms with Gasteiger partial charge in [0.1, 0.15) is 0 Å². The highest BCUT2D eigenvalue weighted by Crippen LogP contribution is 2.38. The Morgan fingerprint density at radius 3 is 0.880 bits per heavy atom. The Morgan fingerprint density at radius 2 is 0.600 bits per heavy atom. The van der Waals surface area contributed by atoms with E-state index in [-0.39, 0.29) is 0 Å². The monoisotopic (exact) mass is 636 g/mol. The van der Waals surface area contributed by atoms with Gasteiger partial charge in [-0.1, -0.05) is 109 Å². The van der Waals surface area contributed by atoms with Crippen LogP contribution in [0.25, 0.3) is 22.3 Å². The van der Waals surface area contributed by atoms with Crippen LogP contribution in [0.1, 0.15) is 27.8 Å². The molecule has 232 valence electrons. The second-order valence-corrected chi connectivity index (χ2v) is 12.2. The molecule has 5 heterocycles. The molecule has 0 amide bonds. The summed E-state index contributed by atoms with van der Waals surface area (Å²) < 4.78 is 0. The number of fused-ring (bicyclic) bond motifs is 4. The van der Waals surface area contributed by atoms with Gasteiger partial charge >= 0.3 is 0 Å². The number of hydrogen-bond donors (Lipinski definition) is 0. The molecule has 5 aliphatic heterocycles. The lowest BCUT2D eigenvalue weighted by Gasteiger charge is -2.12. The molecular weight excluding hydrogens is 609 g/mol. The molecule has 0 fully saturated rings. The molecule has 4 nitrogen and oxygen atoms in total. The summed E-state index contributed by atoms with van der Waals surface area (Å²) in [5.74, 6) is 2.74. The lowest BCUT2D eigenvalue weighted by Crippen LogP contribution is -2.03. The smallest absolute Gasteiger partial charge is 0.0738 e. The van der Waals surface area contributed by atoms with Crippen LogP contribution in [0, 0.1) is 12.3 Å². The highest BCUT2D eigenvalue weighted by Gasteiger charge is 2.27. The molecule has 0 saturated carbocycles. The van der Waals surface area contributed by atoms with Gasteiger partial charge in [0.15, 0.2) is 0 Å². The summed E-state index contributed by atoms with van der Waals surface area (Å²) in [6.07, 6.45) is 22.4. The summed E-state index contributed by atoms with van der Waals surface area (Å²) in [4.78, 5) is 21.2. The molecule has 0 aliphatic carbocycles. The van der Waals surface area contributed by atoms with Crippen LogP contribution in [0.4, 0.5) is 0 Å². The van der Waals surface area contributed by atoms with E-state index in [4.69, 9.17) is 26.4 Å². The van der Waals surface area contributed by atoms with Gasteiger partial charge in [-0.2, -0.15) is 0 Å². The first-order chi connectivity index (χ1) is 24.7. The predicted octanol–water partition coefficient (Wildman–Crippen LogP) is 9.67. The van der Waals surface area contributed by atoms with Crippen LogP contribution >= 0.6 is 0 Å². The number of aliphatic imine (C=N–C) groups is 4. The van der Waals surface area contributed by atoms with Gasteiger partial charge in [0.25, 0.3) is 0 Å². The minimum atomic E-state index is 0.817. The number of terminal acetylenes is 1. The number of rotatable bonds is 4. The van der Waals surface area contributed by atoms with Crippen molar-refractivity contribution in [1.29, 1.82) is 0 Å². The van der Waals surface area contributed by atoms with Crippen molar-refractivity contribution in [1.82, 2.24) is 0 Å². The summed E-state index contributed by atoms with van der Waals surface area (Å²) in [5, 5.41) is 0. The molecule has 0 unspecified atom stereocenters. The maximum Gasteiger partial charge on any atom is 0.0738 e. The third-order valence-electron chi connectivity index (χ3n) is 9.14. The average molecular weight is 637 g/mol. The van der Waals surface area contributed by atoms with Crippen LogP contribution in [-0.2, 0) is 0 Å². The van der Waals surface area contributed by atoms with Gasteiger partial charge in [-0.05, 0) is 83.0 Å². The number of hydrogen-bond acceptors (Lipinski definition) is 4. The van der Waals surface area contributed by atoms with Gasteiger partial charge in [0.2, 0.25) is 0 Å². The normalized spacial score (nSPS) is 17.4. The van der Waals surface area contributed by atoms with E-state index in [1.807, 2.05) is 66.7 Å². The summed E-state index contributed by atoms with van der Waals surface area (Å²) in [6, 6.07) is 39.1. The van der Waals surface area contributed by atoms with Crippen molar-refractivity contribution in [3.63, 3.8) is 0 Å². The summed E-state index contributed by atoms with van der Waals surface area (Å²) in [7, 11) is 0. The first-order valence-corrected chi connectivity index (χ1v) is 16.5. The van der Waals surface area contributed by atoms with Crippen molar-refractivity contribution in [2.75, 3.05) is 0 Å². The summed E-state index contributed by atoms with van der Waals surface area (Å²) >= 11 is 0. The maximum absolute atomic E-state index is 5.73. The third-order valence-corrected chi connectivity index (χ3v) is 9.14. The fourth-order valence-corrected chi connectivity index (χ4v) is 6.82. The van der Waals surface area contributed by atoms with Crippen LogP contribution in [0.3, 0.4) is 0 Å².